The van der Waals surface area contributed by atoms with E-state index in [-0.39, 0.29) is 135 Å². The average Bonchev–Trinajstić information content (AvgIpc) is 1.72. The standard InChI is InChI=1S/C43H59N5O20S2.C41H62N4O8S/c1-24(2)32(52)21-44-42(66)67-15-16-69-70-22-27(38(59)60)19-31(51)30(17-25-7-5-4-6-8-25)46-37(58)26(20-36(56)57)18-28(50)9-10-29(39(61)62)45-33(53)13-14-43(3,40(63)64)48-41(65)47-34(68-23-49)11-12-35(54)55;1-9-14-38(49)52-25-45(41(51)32(27(6)10-2)22-36(48)34-15-12-13-20-44(34)8)35(26(4)5)23-37(53-28(7)46)40-43-33(24-54-40)39(50)42-30(11-3)21-29-16-18-31(47)19-17-29/h4-8,23-24,26-27,29-30,34H,9-22H2,1-3H3,(H,44,66)(H,45,53)(H,46,58)(H,54,55)(H,56,57)(H,59,60)(H,61,62)(H,63,64)(H2,47,48,65);16-19,24,26-27,30,32,34-35,37,47H,9-15,20-23,25H2,1-8H3,(H,42,50)/t26-,27-,29-,30-,34+,43-;27?,30-,32+,34-,35-,37-/m01/s1. The lowest BCUT2D eigenvalue weighted by atomic mass is 9.82. The Bertz CT molecular complexity index is 4060. The largest absolute Gasteiger partial charge is 0.508 e. The maximum atomic E-state index is 14.8. The molecule has 1 saturated heterocycles. The summed E-state index contributed by atoms with van der Waals surface area (Å²) in [5.41, 5.74) is -0.482. The van der Waals surface area contributed by atoms with Crippen LogP contribution in [0.1, 0.15) is 218 Å². The second-order valence-electron chi connectivity index (χ2n) is 31.1. The number of amides is 7. The van der Waals surface area contributed by atoms with Crippen molar-refractivity contribution in [3.63, 3.8) is 0 Å². The fourth-order valence-corrected chi connectivity index (χ4v) is 15.9. The minimum atomic E-state index is -2.17. The van der Waals surface area contributed by atoms with E-state index in [2.05, 4.69) is 46.5 Å². The molecule has 124 heavy (non-hydrogen) atoms. The highest BCUT2D eigenvalue weighted by Gasteiger charge is 2.42. The number of phenols is 1. The number of phenolic OH excluding ortho intramolecular Hbond substituents is 1. The highest BCUT2D eigenvalue weighted by Crippen LogP contribution is 2.35. The van der Waals surface area contributed by atoms with Gasteiger partial charge >= 0.3 is 53.9 Å². The summed E-state index contributed by atoms with van der Waals surface area (Å²) in [6.45, 7) is 17.6. The number of likely N-dealkylation sites (N-methyl/N-ethyl adjacent to an activating group) is 1. The zero-order chi connectivity index (χ0) is 92.9. The Morgan fingerprint density at radius 1 is 0.718 bits per heavy atom. The van der Waals surface area contributed by atoms with Crippen LogP contribution >= 0.6 is 32.9 Å². The van der Waals surface area contributed by atoms with Crippen molar-refractivity contribution >= 4 is 140 Å². The number of ketones is 4. The van der Waals surface area contributed by atoms with Crippen LogP contribution in [-0.2, 0) is 104 Å². The van der Waals surface area contributed by atoms with Crippen molar-refractivity contribution < 1.29 is 136 Å². The number of esters is 2. The second-order valence-corrected chi connectivity index (χ2v) is 34.6. The molecule has 2 aromatic carbocycles. The van der Waals surface area contributed by atoms with Crippen LogP contribution in [0.2, 0.25) is 0 Å². The molecule has 2 heterocycles. The fourth-order valence-electron chi connectivity index (χ4n) is 12.9. The van der Waals surface area contributed by atoms with Crippen molar-refractivity contribution in [2.24, 2.45) is 35.5 Å². The van der Waals surface area contributed by atoms with Gasteiger partial charge in [-0.15, -0.1) is 11.3 Å². The van der Waals surface area contributed by atoms with Crippen molar-refractivity contribution in [3.05, 3.63) is 81.8 Å². The minimum Gasteiger partial charge on any atom is -0.508 e. The molecule has 12 N–H and O–H groups in total. The first-order valence-corrected chi connectivity index (χ1v) is 44.5. The van der Waals surface area contributed by atoms with Gasteiger partial charge in [0.1, 0.15) is 40.4 Å². The molecule has 37 nitrogen and oxygen atoms in total. The molecule has 40 heteroatoms. The summed E-state index contributed by atoms with van der Waals surface area (Å²) in [4.78, 5) is 234. The van der Waals surface area contributed by atoms with Crippen molar-refractivity contribution in [3.8, 4) is 5.75 Å². The topological polar surface area (TPSA) is 557 Å². The first kappa shape index (κ1) is 108. The van der Waals surface area contributed by atoms with Gasteiger partial charge in [0.15, 0.2) is 36.4 Å². The number of carbonyl (C=O) groups excluding carboxylic acids is 13. The van der Waals surface area contributed by atoms with E-state index in [9.17, 15) is 112 Å². The van der Waals surface area contributed by atoms with E-state index in [1.165, 1.54) is 18.3 Å². The maximum absolute atomic E-state index is 14.8. The molecule has 12 atom stereocenters. The lowest BCUT2D eigenvalue weighted by molar-refractivity contribution is -0.162. The molecular weight excluding hydrogens is 1680 g/mol. The van der Waals surface area contributed by atoms with E-state index >= 15 is 0 Å². The lowest BCUT2D eigenvalue weighted by Crippen LogP contribution is -2.57. The van der Waals surface area contributed by atoms with Gasteiger partial charge in [-0.2, -0.15) is 0 Å². The van der Waals surface area contributed by atoms with E-state index in [4.69, 9.17) is 19.3 Å². The summed E-state index contributed by atoms with van der Waals surface area (Å²) in [6.07, 6.45) is -3.25. The highest BCUT2D eigenvalue weighted by molar-refractivity contribution is 8.76. The SMILES string of the molecule is CC(C)C(=O)CNC(=O)OCCSSC[C@H](CC(=O)[C@H](Cc1ccccc1)NC(=O)[C@H](CC(=O)O)CC(=O)CC[C@H](NC(=O)CC[C@](C)(NC(=O)N[C@@H](CCC(=O)O)OC=O)C(=O)O)C(=O)O)C(=O)O.CCCC(=O)OCN(C(=O)[C@@H](CC(=O)[C@H]1CCCCN1C)C(C)CC)[C@H](C[C@@H](OC(C)=O)c1nc(C(=O)N[C@H](CC)Cc2ccc(O)cc2)cs1)C(C)C. The molecule has 1 unspecified atom stereocenters. The number of aromatic nitrogens is 1. The Hall–Kier alpha value is -10.6. The van der Waals surface area contributed by atoms with Crippen molar-refractivity contribution in [2.75, 3.05) is 45.0 Å². The molecule has 3 aromatic rings. The van der Waals surface area contributed by atoms with E-state index < -0.39 is 182 Å². The third kappa shape index (κ3) is 40.4. The molecule has 0 saturated carbocycles. The third-order valence-corrected chi connectivity index (χ3v) is 24.0. The molecule has 4 rings (SSSR count). The predicted molar refractivity (Wildman–Crippen MR) is 455 cm³/mol. The number of nitrogens with zero attached hydrogens (tertiary/aromatic N) is 3. The molecule has 7 amide bonds. The number of thiazole rings is 1. The number of alkyl carbamates (subject to hydrolysis) is 1. The Morgan fingerprint density at radius 3 is 1.98 bits per heavy atom. The Morgan fingerprint density at radius 2 is 1.40 bits per heavy atom. The number of urea groups is 1. The number of piperidine rings is 1. The summed E-state index contributed by atoms with van der Waals surface area (Å²) in [7, 11) is 4.20. The molecule has 688 valence electrons. The number of carboxylic acids is 5. The molecule has 0 bridgehead atoms. The first-order valence-electron chi connectivity index (χ1n) is 41.1. The van der Waals surface area contributed by atoms with Gasteiger partial charge in [-0.05, 0) is 107 Å². The number of aromatic hydroxyl groups is 1. The molecule has 1 aliphatic heterocycles. The number of rotatable bonds is 58. The van der Waals surface area contributed by atoms with Gasteiger partial charge in [0, 0.05) is 99.1 Å². The second kappa shape index (κ2) is 56.3. The Balaban J connectivity index is 0.000000660. The van der Waals surface area contributed by atoms with Gasteiger partial charge in [-0.3, -0.25) is 72.0 Å². The number of Topliss-reactive ketones (excluding diaryl/α,β-unsaturated/α-hetero) is 4. The van der Waals surface area contributed by atoms with Gasteiger partial charge in [-0.1, -0.05) is 132 Å². The lowest BCUT2D eigenvalue weighted by Gasteiger charge is -2.39. The number of likely N-dealkylation sites (tertiary alicyclic amines) is 1. The average molecular weight is 1800 g/mol. The Kier molecular flexibility index (Phi) is 48.8. The third-order valence-electron chi connectivity index (χ3n) is 20.6. The summed E-state index contributed by atoms with van der Waals surface area (Å²) in [6, 6.07) is 9.76. The van der Waals surface area contributed by atoms with Crippen LogP contribution in [0.3, 0.4) is 0 Å². The zero-order valence-corrected chi connectivity index (χ0v) is 74.4. The smallest absolute Gasteiger partial charge is 0.407 e. The quantitative estimate of drug-likeness (QED) is 0.00631. The predicted octanol–water partition coefficient (Wildman–Crippen LogP) is 8.25. The monoisotopic (exact) mass is 1800 g/mol. The van der Waals surface area contributed by atoms with Crippen molar-refractivity contribution in [2.45, 2.75) is 246 Å². The first-order chi connectivity index (χ1) is 58.5. The van der Waals surface area contributed by atoms with Crippen molar-refractivity contribution in [1.29, 1.82) is 0 Å². The number of hydrogen-bond acceptors (Lipinski definition) is 28. The Labute approximate surface area is 732 Å². The number of ether oxygens (including phenoxy) is 4. The van der Waals surface area contributed by atoms with Crippen LogP contribution < -0.4 is 31.9 Å². The van der Waals surface area contributed by atoms with Crippen molar-refractivity contribution in [1.82, 2.24) is 46.7 Å². The van der Waals surface area contributed by atoms with Crippen LogP contribution in [-0.4, -0.2) is 240 Å². The molecular formula is C84H121N9O28S3. The number of hydrogen-bond donors (Lipinski definition) is 12. The minimum absolute atomic E-state index is 0.0413. The van der Waals surface area contributed by atoms with Gasteiger partial charge in [-0.25, -0.2) is 24.2 Å². The number of carbonyl (C=O) groups is 18. The molecule has 0 aliphatic carbocycles. The maximum Gasteiger partial charge on any atom is 0.407 e. The highest BCUT2D eigenvalue weighted by atomic mass is 33.1. The number of aliphatic carboxylic acids is 5. The summed E-state index contributed by atoms with van der Waals surface area (Å²) < 4.78 is 21.1. The zero-order valence-electron chi connectivity index (χ0n) is 72.0. The summed E-state index contributed by atoms with van der Waals surface area (Å²) in [5.74, 6) is -16.5. The van der Waals surface area contributed by atoms with Crippen LogP contribution in [0.4, 0.5) is 9.59 Å². The molecule has 0 spiro atoms. The van der Waals surface area contributed by atoms with E-state index in [1.807, 2.05) is 60.7 Å². The molecule has 1 fully saturated rings. The van der Waals surface area contributed by atoms with Crippen LogP contribution in [0.5, 0.6) is 5.75 Å². The fraction of sp³-hybridized carbons (Fsp3) is 0.607. The van der Waals surface area contributed by atoms with Gasteiger partial charge in [0.25, 0.3) is 12.4 Å². The number of carboxylic acid groups (broad SMARTS) is 5. The molecule has 1 aromatic heterocycles. The van der Waals surface area contributed by atoms with Gasteiger partial charge in [0.2, 0.25) is 17.7 Å². The summed E-state index contributed by atoms with van der Waals surface area (Å²) >= 11 is 1.19. The van der Waals surface area contributed by atoms with E-state index in [0.717, 1.165) is 59.9 Å². The number of nitrogens with one attached hydrogen (secondary N) is 6. The van der Waals surface area contributed by atoms with Gasteiger partial charge < -0.3 is 86.4 Å². The number of benzene rings is 2. The van der Waals surface area contributed by atoms with Gasteiger partial charge in [0.05, 0.1) is 43.3 Å². The normalized spacial score (nSPS) is 15.4. The van der Waals surface area contributed by atoms with E-state index in [0.29, 0.717) is 36.3 Å². The van der Waals surface area contributed by atoms with Crippen LogP contribution in [0.15, 0.2) is 60.0 Å². The summed E-state index contributed by atoms with van der Waals surface area (Å²) in [5, 5.41) is 73.7. The van der Waals surface area contributed by atoms with Crippen LogP contribution in [0.25, 0.3) is 0 Å². The molecule has 0 radical (unpaired) electrons. The van der Waals surface area contributed by atoms with Crippen LogP contribution in [0, 0.1) is 35.5 Å². The van der Waals surface area contributed by atoms with E-state index in [1.54, 1.807) is 66.6 Å². The molecule has 1 aliphatic rings.